The Bertz CT molecular complexity index is 180. The first-order valence-electron chi connectivity index (χ1n) is 6.62. The van der Waals surface area contributed by atoms with E-state index in [1.165, 1.54) is 6.42 Å². The molecular weight excluding hydrogens is 196 g/mol. The van der Waals surface area contributed by atoms with Gasteiger partial charge in [-0.1, -0.05) is 34.6 Å². The summed E-state index contributed by atoms with van der Waals surface area (Å²) in [6.45, 7) is 19.2. The van der Waals surface area contributed by atoms with Gasteiger partial charge in [-0.2, -0.15) is 0 Å². The van der Waals surface area contributed by atoms with Gasteiger partial charge in [-0.15, -0.1) is 0 Å². The fraction of sp³-hybridized carbons (Fsp3) is 1.00. The topological polar surface area (TPSA) is 24.1 Å². The fourth-order valence-corrected chi connectivity index (χ4v) is 2.30. The lowest BCUT2D eigenvalue weighted by molar-refractivity contribution is 0.233. The highest BCUT2D eigenvalue weighted by molar-refractivity contribution is 4.83. The van der Waals surface area contributed by atoms with E-state index in [0.29, 0.717) is 11.3 Å². The minimum atomic E-state index is 0.235. The average molecular weight is 228 g/mol. The smallest absolute Gasteiger partial charge is 0.0130 e. The summed E-state index contributed by atoms with van der Waals surface area (Å²) < 4.78 is 0. The molecule has 98 valence electrons. The van der Waals surface area contributed by atoms with Gasteiger partial charge in [0, 0.05) is 5.54 Å². The van der Waals surface area contributed by atoms with Crippen LogP contribution in [0.15, 0.2) is 0 Å². The molecule has 1 unspecified atom stereocenters. The molecule has 0 bridgehead atoms. The molecule has 0 spiro atoms. The van der Waals surface area contributed by atoms with E-state index in [0.717, 1.165) is 19.6 Å². The zero-order valence-electron chi connectivity index (χ0n) is 12.4. The summed E-state index contributed by atoms with van der Waals surface area (Å²) in [7, 11) is 0. The second-order valence-electron chi connectivity index (χ2n) is 6.92. The molecule has 0 saturated heterocycles. The van der Waals surface area contributed by atoms with Crippen molar-refractivity contribution in [2.75, 3.05) is 19.6 Å². The van der Waals surface area contributed by atoms with E-state index in [-0.39, 0.29) is 5.54 Å². The monoisotopic (exact) mass is 228 g/mol. The summed E-state index contributed by atoms with van der Waals surface area (Å²) in [6.07, 6.45) is 1.20. The highest BCUT2D eigenvalue weighted by Crippen LogP contribution is 2.26. The first-order valence-corrected chi connectivity index (χ1v) is 6.62. The third kappa shape index (κ3) is 9.17. The molecule has 2 heteroatoms. The second-order valence-corrected chi connectivity index (χ2v) is 6.92. The van der Waals surface area contributed by atoms with Gasteiger partial charge in [0.05, 0.1) is 0 Å². The summed E-state index contributed by atoms with van der Waals surface area (Å²) >= 11 is 0. The van der Waals surface area contributed by atoms with Crippen LogP contribution >= 0.6 is 0 Å². The Labute approximate surface area is 103 Å². The standard InChI is InChI=1S/C14H32N2/c1-8-15-9-12(2)10-16-14(6,7)11-13(3,4)5/h12,15-16H,8-11H2,1-7H3. The molecule has 1 atom stereocenters. The Morgan fingerprint density at radius 2 is 1.56 bits per heavy atom. The number of nitrogens with one attached hydrogen (secondary N) is 2. The number of hydrogen-bond acceptors (Lipinski definition) is 2. The molecule has 0 aliphatic heterocycles. The van der Waals surface area contributed by atoms with Crippen molar-refractivity contribution in [3.8, 4) is 0 Å². The Morgan fingerprint density at radius 3 is 2.00 bits per heavy atom. The van der Waals surface area contributed by atoms with E-state index >= 15 is 0 Å². The van der Waals surface area contributed by atoms with Gasteiger partial charge in [-0.3, -0.25) is 0 Å². The molecule has 16 heavy (non-hydrogen) atoms. The van der Waals surface area contributed by atoms with Crippen LogP contribution in [-0.4, -0.2) is 25.2 Å². The number of hydrogen-bond donors (Lipinski definition) is 2. The van der Waals surface area contributed by atoms with Gasteiger partial charge in [0.1, 0.15) is 0 Å². The minimum Gasteiger partial charge on any atom is -0.317 e. The van der Waals surface area contributed by atoms with E-state index < -0.39 is 0 Å². The predicted molar refractivity (Wildman–Crippen MR) is 73.9 cm³/mol. The van der Waals surface area contributed by atoms with Crippen molar-refractivity contribution in [1.82, 2.24) is 10.6 Å². The molecule has 2 nitrogen and oxygen atoms in total. The van der Waals surface area contributed by atoms with Crippen molar-refractivity contribution < 1.29 is 0 Å². The van der Waals surface area contributed by atoms with Crippen LogP contribution < -0.4 is 10.6 Å². The van der Waals surface area contributed by atoms with Gasteiger partial charge in [-0.05, 0) is 51.2 Å². The maximum Gasteiger partial charge on any atom is 0.0130 e. The van der Waals surface area contributed by atoms with Crippen molar-refractivity contribution >= 4 is 0 Å². The average Bonchev–Trinajstić information content (AvgIpc) is 2.07. The maximum absolute atomic E-state index is 3.68. The van der Waals surface area contributed by atoms with Crippen molar-refractivity contribution in [1.29, 1.82) is 0 Å². The van der Waals surface area contributed by atoms with Crippen LogP contribution in [0.2, 0.25) is 0 Å². The summed E-state index contributed by atoms with van der Waals surface area (Å²) in [5.74, 6) is 0.694. The molecule has 0 aliphatic rings. The number of rotatable bonds is 7. The highest BCUT2D eigenvalue weighted by Gasteiger charge is 2.25. The third-order valence-corrected chi connectivity index (χ3v) is 2.64. The van der Waals surface area contributed by atoms with Crippen LogP contribution in [0, 0.1) is 11.3 Å². The molecule has 2 N–H and O–H groups in total. The van der Waals surface area contributed by atoms with E-state index in [9.17, 15) is 0 Å². The Hall–Kier alpha value is -0.0800. The molecule has 0 aromatic carbocycles. The van der Waals surface area contributed by atoms with Gasteiger partial charge in [0.2, 0.25) is 0 Å². The van der Waals surface area contributed by atoms with Gasteiger partial charge in [0.25, 0.3) is 0 Å². The Balaban J connectivity index is 3.89. The molecule has 0 saturated carbocycles. The maximum atomic E-state index is 3.68. The van der Waals surface area contributed by atoms with Crippen LogP contribution in [0.25, 0.3) is 0 Å². The molecule has 0 fully saturated rings. The quantitative estimate of drug-likeness (QED) is 0.700. The van der Waals surface area contributed by atoms with Crippen LogP contribution in [0.3, 0.4) is 0 Å². The van der Waals surface area contributed by atoms with Gasteiger partial charge < -0.3 is 10.6 Å². The normalized spacial score (nSPS) is 15.2. The molecular formula is C14H32N2. The predicted octanol–water partition coefficient (Wildman–Crippen LogP) is 3.04. The molecule has 0 rings (SSSR count). The molecule has 0 amide bonds. The van der Waals surface area contributed by atoms with Gasteiger partial charge in [-0.25, -0.2) is 0 Å². The third-order valence-electron chi connectivity index (χ3n) is 2.64. The highest BCUT2D eigenvalue weighted by atomic mass is 15.0. The van der Waals surface area contributed by atoms with E-state index in [4.69, 9.17) is 0 Å². The summed E-state index contributed by atoms with van der Waals surface area (Å²) in [5.41, 5.74) is 0.625. The van der Waals surface area contributed by atoms with Gasteiger partial charge >= 0.3 is 0 Å². The first kappa shape index (κ1) is 15.9. The second kappa shape index (κ2) is 6.61. The lowest BCUT2D eigenvalue weighted by Crippen LogP contribution is -2.45. The lowest BCUT2D eigenvalue weighted by Gasteiger charge is -2.34. The fourth-order valence-electron chi connectivity index (χ4n) is 2.30. The van der Waals surface area contributed by atoms with Crippen molar-refractivity contribution in [3.63, 3.8) is 0 Å². The lowest BCUT2D eigenvalue weighted by atomic mass is 9.81. The van der Waals surface area contributed by atoms with Gasteiger partial charge in [0.15, 0.2) is 0 Å². The molecule has 0 radical (unpaired) electrons. The van der Waals surface area contributed by atoms with E-state index in [1.807, 2.05) is 0 Å². The first-order chi connectivity index (χ1) is 7.16. The Kier molecular flexibility index (Phi) is 6.57. The zero-order chi connectivity index (χ0) is 12.8. The molecule has 0 aromatic heterocycles. The summed E-state index contributed by atoms with van der Waals surface area (Å²) in [4.78, 5) is 0. The zero-order valence-corrected chi connectivity index (χ0v) is 12.4. The molecule has 0 aliphatic carbocycles. The minimum absolute atomic E-state index is 0.235. The van der Waals surface area contributed by atoms with Crippen LogP contribution in [0.5, 0.6) is 0 Å². The van der Waals surface area contributed by atoms with E-state index in [2.05, 4.69) is 59.1 Å². The summed E-state index contributed by atoms with van der Waals surface area (Å²) in [5, 5.41) is 7.08. The summed E-state index contributed by atoms with van der Waals surface area (Å²) in [6, 6.07) is 0. The van der Waals surface area contributed by atoms with E-state index in [1.54, 1.807) is 0 Å². The molecule has 0 aromatic rings. The molecule has 0 heterocycles. The van der Waals surface area contributed by atoms with Crippen LogP contribution in [0.1, 0.15) is 54.9 Å². The Morgan fingerprint density at radius 1 is 1.00 bits per heavy atom. The van der Waals surface area contributed by atoms with Crippen LogP contribution in [-0.2, 0) is 0 Å². The van der Waals surface area contributed by atoms with Crippen molar-refractivity contribution in [2.45, 2.75) is 60.4 Å². The van der Waals surface area contributed by atoms with Crippen molar-refractivity contribution in [3.05, 3.63) is 0 Å². The largest absolute Gasteiger partial charge is 0.317 e. The SMILES string of the molecule is CCNCC(C)CNC(C)(C)CC(C)(C)C. The van der Waals surface area contributed by atoms with Crippen LogP contribution in [0.4, 0.5) is 0 Å². The van der Waals surface area contributed by atoms with Crippen molar-refractivity contribution in [2.24, 2.45) is 11.3 Å².